The van der Waals surface area contributed by atoms with Gasteiger partial charge in [-0.15, -0.1) is 0 Å². The van der Waals surface area contributed by atoms with Gasteiger partial charge in [-0.2, -0.15) is 0 Å². The number of rotatable bonds is 7. The third-order valence-electron chi connectivity index (χ3n) is 2.82. The molecule has 96 valence electrons. The van der Waals surface area contributed by atoms with Crippen molar-refractivity contribution < 1.29 is 8.85 Å². The largest absolute Gasteiger partial charge is 0.390 e. The molecule has 1 rings (SSSR count). The average molecular weight is 253 g/mol. The molecule has 0 saturated carbocycles. The maximum absolute atomic E-state index is 6.27. The Morgan fingerprint density at radius 1 is 1.06 bits per heavy atom. The highest BCUT2D eigenvalue weighted by Crippen LogP contribution is 2.14. The van der Waals surface area contributed by atoms with Crippen LogP contribution in [-0.2, 0) is 8.85 Å². The lowest BCUT2D eigenvalue weighted by Gasteiger charge is -2.34. The Morgan fingerprint density at radius 3 is 2.00 bits per heavy atom. The molecule has 0 aromatic heterocycles. The Balaban J connectivity index is 3.14. The topological polar surface area (TPSA) is 44.5 Å². The Morgan fingerprint density at radius 2 is 1.59 bits per heavy atom. The fourth-order valence-corrected chi connectivity index (χ4v) is 5.33. The van der Waals surface area contributed by atoms with Gasteiger partial charge < -0.3 is 14.6 Å². The quantitative estimate of drug-likeness (QED) is 0.752. The lowest BCUT2D eigenvalue weighted by atomic mass is 10.4. The predicted molar refractivity (Wildman–Crippen MR) is 73.3 cm³/mol. The molecule has 0 aliphatic rings. The van der Waals surface area contributed by atoms with Crippen LogP contribution in [0, 0.1) is 0 Å². The fourth-order valence-electron chi connectivity index (χ4n) is 2.00. The molecule has 0 spiro atoms. The van der Waals surface area contributed by atoms with Crippen LogP contribution in [0.15, 0.2) is 30.3 Å². The van der Waals surface area contributed by atoms with Gasteiger partial charge in [0.2, 0.25) is 0 Å². The molecule has 4 heteroatoms. The lowest BCUT2D eigenvalue weighted by Crippen LogP contribution is -2.66. The molecule has 1 unspecified atom stereocenters. The van der Waals surface area contributed by atoms with Gasteiger partial charge in [0.1, 0.15) is 0 Å². The second-order valence-electron chi connectivity index (χ2n) is 3.91. The minimum Gasteiger partial charge on any atom is -0.390 e. The minimum absolute atomic E-state index is 0.0372. The molecular weight excluding hydrogens is 230 g/mol. The van der Waals surface area contributed by atoms with E-state index in [0.29, 0.717) is 13.2 Å². The highest BCUT2D eigenvalue weighted by Gasteiger charge is 2.45. The third kappa shape index (κ3) is 3.16. The van der Waals surface area contributed by atoms with Gasteiger partial charge in [-0.1, -0.05) is 37.3 Å². The van der Waals surface area contributed by atoms with Crippen molar-refractivity contribution in [3.05, 3.63) is 30.3 Å². The first-order valence-electron chi connectivity index (χ1n) is 6.30. The number of benzene rings is 1. The van der Waals surface area contributed by atoms with E-state index < -0.39 is 8.56 Å². The van der Waals surface area contributed by atoms with Crippen LogP contribution in [-0.4, -0.2) is 27.4 Å². The Bertz CT molecular complexity index is 312. The van der Waals surface area contributed by atoms with Crippen LogP contribution in [0.3, 0.4) is 0 Å². The summed E-state index contributed by atoms with van der Waals surface area (Å²) >= 11 is 0. The van der Waals surface area contributed by atoms with Crippen molar-refractivity contribution in [1.29, 1.82) is 0 Å². The van der Waals surface area contributed by atoms with Crippen molar-refractivity contribution in [3.8, 4) is 0 Å². The van der Waals surface area contributed by atoms with E-state index in [1.54, 1.807) is 0 Å². The van der Waals surface area contributed by atoms with E-state index in [9.17, 15) is 0 Å². The lowest BCUT2D eigenvalue weighted by molar-refractivity contribution is 0.186. The zero-order valence-electron chi connectivity index (χ0n) is 11.0. The normalized spacial score (nSPS) is 13.6. The van der Waals surface area contributed by atoms with Crippen LogP contribution in [0.2, 0.25) is 0 Å². The number of hydrogen-bond acceptors (Lipinski definition) is 3. The van der Waals surface area contributed by atoms with Crippen LogP contribution in [0.4, 0.5) is 0 Å². The molecule has 0 fully saturated rings. The average Bonchev–Trinajstić information content (AvgIpc) is 2.38. The minimum atomic E-state index is -2.50. The second-order valence-corrected chi connectivity index (χ2v) is 7.15. The van der Waals surface area contributed by atoms with Gasteiger partial charge in [-0.25, -0.2) is 0 Å². The summed E-state index contributed by atoms with van der Waals surface area (Å²) in [5.41, 5.74) is 6.23. The molecular formula is C13H23NO2Si. The molecule has 0 radical (unpaired) electrons. The van der Waals surface area contributed by atoms with Crippen molar-refractivity contribution in [2.75, 3.05) is 13.2 Å². The van der Waals surface area contributed by atoms with Gasteiger partial charge >= 0.3 is 8.56 Å². The van der Waals surface area contributed by atoms with Crippen LogP contribution in [0.5, 0.6) is 0 Å². The fraction of sp³-hybridized carbons (Fsp3) is 0.538. The summed E-state index contributed by atoms with van der Waals surface area (Å²) in [7, 11) is -2.50. The third-order valence-corrected chi connectivity index (χ3v) is 6.78. The summed E-state index contributed by atoms with van der Waals surface area (Å²) in [5, 5.41) is 1.12. The SMILES string of the molecule is CCO[Si](OCC)(c1ccccc1)C(N)CC. The van der Waals surface area contributed by atoms with E-state index in [1.165, 1.54) is 0 Å². The molecule has 2 N–H and O–H groups in total. The van der Waals surface area contributed by atoms with Gasteiger partial charge in [-0.05, 0) is 25.5 Å². The molecule has 3 nitrogen and oxygen atoms in total. The van der Waals surface area contributed by atoms with E-state index in [0.717, 1.165) is 11.6 Å². The van der Waals surface area contributed by atoms with Crippen LogP contribution < -0.4 is 10.9 Å². The molecule has 17 heavy (non-hydrogen) atoms. The molecule has 0 heterocycles. The van der Waals surface area contributed by atoms with Crippen molar-refractivity contribution in [1.82, 2.24) is 0 Å². The second kappa shape index (κ2) is 6.91. The molecule has 0 saturated heterocycles. The first kappa shape index (κ1) is 14.4. The van der Waals surface area contributed by atoms with Gasteiger partial charge in [0.15, 0.2) is 0 Å². The Kier molecular flexibility index (Phi) is 5.84. The summed E-state index contributed by atoms with van der Waals surface area (Å²) in [4.78, 5) is 0. The van der Waals surface area contributed by atoms with Crippen molar-refractivity contribution in [2.45, 2.75) is 32.9 Å². The molecule has 1 aromatic carbocycles. The molecule has 0 aliphatic heterocycles. The number of nitrogens with two attached hydrogens (primary N) is 1. The van der Waals surface area contributed by atoms with E-state index in [2.05, 4.69) is 19.1 Å². The molecule has 1 aromatic rings. The summed E-state index contributed by atoms with van der Waals surface area (Å²) < 4.78 is 12.0. The van der Waals surface area contributed by atoms with Crippen molar-refractivity contribution in [2.24, 2.45) is 5.73 Å². The summed E-state index contributed by atoms with van der Waals surface area (Å²) in [6.45, 7) is 7.33. The number of hydrogen-bond donors (Lipinski definition) is 1. The van der Waals surface area contributed by atoms with Gasteiger partial charge in [0.25, 0.3) is 0 Å². The van der Waals surface area contributed by atoms with E-state index in [4.69, 9.17) is 14.6 Å². The maximum atomic E-state index is 6.27. The van der Waals surface area contributed by atoms with Crippen molar-refractivity contribution in [3.63, 3.8) is 0 Å². The predicted octanol–water partition coefficient (Wildman–Crippen LogP) is 1.69. The summed E-state index contributed by atoms with van der Waals surface area (Å²) in [5.74, 6) is 0. The molecule has 0 bridgehead atoms. The molecule has 1 atom stereocenters. The van der Waals surface area contributed by atoms with Crippen LogP contribution >= 0.6 is 0 Å². The highest BCUT2D eigenvalue weighted by atomic mass is 28.4. The first-order chi connectivity index (χ1) is 8.21. The Hall–Kier alpha value is -0.683. The summed E-state index contributed by atoms with van der Waals surface area (Å²) in [6, 6.07) is 10.1. The first-order valence-corrected chi connectivity index (χ1v) is 8.19. The van der Waals surface area contributed by atoms with Gasteiger partial charge in [0.05, 0.1) is 5.67 Å². The zero-order chi connectivity index (χ0) is 12.7. The molecule has 0 aliphatic carbocycles. The summed E-state index contributed by atoms with van der Waals surface area (Å²) in [6.07, 6.45) is 0.862. The van der Waals surface area contributed by atoms with Gasteiger partial charge in [0, 0.05) is 13.2 Å². The monoisotopic (exact) mass is 253 g/mol. The molecule has 0 amide bonds. The smallest absolute Gasteiger partial charge is 0.389 e. The zero-order valence-corrected chi connectivity index (χ0v) is 12.0. The van der Waals surface area contributed by atoms with E-state index in [1.807, 2.05) is 32.0 Å². The van der Waals surface area contributed by atoms with Crippen LogP contribution in [0.1, 0.15) is 27.2 Å². The van der Waals surface area contributed by atoms with E-state index >= 15 is 0 Å². The Labute approximate surface area is 105 Å². The highest BCUT2D eigenvalue weighted by molar-refractivity contribution is 6.82. The standard InChI is InChI=1S/C13H23NO2Si/c1-4-13(14)17(15-5-2,16-6-3)12-10-8-7-9-11-12/h7-11,13H,4-6,14H2,1-3H3. The van der Waals surface area contributed by atoms with Crippen LogP contribution in [0.25, 0.3) is 0 Å². The maximum Gasteiger partial charge on any atom is 0.389 e. The van der Waals surface area contributed by atoms with Crippen molar-refractivity contribution >= 4 is 13.7 Å². The van der Waals surface area contributed by atoms with Gasteiger partial charge in [-0.3, -0.25) is 0 Å². The van der Waals surface area contributed by atoms with E-state index in [-0.39, 0.29) is 5.67 Å².